The Bertz CT molecular complexity index is 368. The van der Waals surface area contributed by atoms with Gasteiger partial charge in [0.25, 0.3) is 0 Å². The van der Waals surface area contributed by atoms with Crippen molar-refractivity contribution < 1.29 is 5.11 Å². The molecule has 0 amide bonds. The van der Waals surface area contributed by atoms with Crippen LogP contribution in [0.5, 0.6) is 5.75 Å². The molecule has 2 aromatic rings. The molecule has 0 aliphatic carbocycles. The lowest BCUT2D eigenvalue weighted by Crippen LogP contribution is -1.79. The summed E-state index contributed by atoms with van der Waals surface area (Å²) in [7, 11) is 0. The number of phenolic OH excluding ortho intramolecular Hbond substituents is 1. The molecule has 2 rings (SSSR count). The summed E-state index contributed by atoms with van der Waals surface area (Å²) in [4.78, 5) is 6.96. The van der Waals surface area contributed by atoms with E-state index in [2.05, 4.69) is 16.0 Å². The van der Waals surface area contributed by atoms with Crippen molar-refractivity contribution in [2.45, 2.75) is 0 Å². The van der Waals surface area contributed by atoms with E-state index in [0.29, 0.717) is 5.82 Å². The van der Waals surface area contributed by atoms with Crippen LogP contribution in [0.3, 0.4) is 0 Å². The predicted molar refractivity (Wildman–Crippen MR) is 44.5 cm³/mol. The SMILES string of the molecule is Oc1cc[c]c(-c2ncc[nH]2)c1. The second-order valence-corrected chi connectivity index (χ2v) is 2.40. The fourth-order valence-electron chi connectivity index (χ4n) is 1.00. The molecule has 0 unspecified atom stereocenters. The molecule has 3 heteroatoms. The molecule has 0 atom stereocenters. The molecule has 0 bridgehead atoms. The van der Waals surface area contributed by atoms with E-state index in [4.69, 9.17) is 5.11 Å². The summed E-state index contributed by atoms with van der Waals surface area (Å²) in [5, 5.41) is 9.15. The fourth-order valence-corrected chi connectivity index (χ4v) is 1.00. The van der Waals surface area contributed by atoms with Crippen LogP contribution in [-0.2, 0) is 0 Å². The largest absolute Gasteiger partial charge is 0.508 e. The first-order chi connectivity index (χ1) is 5.86. The number of nitrogens with one attached hydrogen (secondary N) is 1. The number of aromatic nitrogens is 2. The highest BCUT2D eigenvalue weighted by atomic mass is 16.3. The van der Waals surface area contributed by atoms with Crippen LogP contribution in [0, 0.1) is 6.07 Å². The third-order valence-corrected chi connectivity index (χ3v) is 1.54. The van der Waals surface area contributed by atoms with Crippen molar-refractivity contribution in [1.82, 2.24) is 9.97 Å². The van der Waals surface area contributed by atoms with Gasteiger partial charge in [-0.2, -0.15) is 0 Å². The van der Waals surface area contributed by atoms with Gasteiger partial charge in [0.05, 0.1) is 0 Å². The standard InChI is InChI=1S/C9H7N2O/c12-8-3-1-2-7(6-8)9-10-4-5-11-9/h1,3-6,12H,(H,10,11). The third-order valence-electron chi connectivity index (χ3n) is 1.54. The normalized spacial score (nSPS) is 10.0. The summed E-state index contributed by atoms with van der Waals surface area (Å²) >= 11 is 0. The quantitative estimate of drug-likeness (QED) is 0.663. The Morgan fingerprint density at radius 2 is 2.42 bits per heavy atom. The number of imidazole rings is 1. The van der Waals surface area contributed by atoms with Gasteiger partial charge in [0.2, 0.25) is 0 Å². The lowest BCUT2D eigenvalue weighted by Gasteiger charge is -1.95. The maximum atomic E-state index is 9.15. The average Bonchev–Trinajstić information content (AvgIpc) is 2.56. The van der Waals surface area contributed by atoms with E-state index in [1.165, 1.54) is 0 Å². The summed E-state index contributed by atoms with van der Waals surface area (Å²) in [6, 6.07) is 7.80. The number of H-pyrrole nitrogens is 1. The van der Waals surface area contributed by atoms with Gasteiger partial charge < -0.3 is 10.1 Å². The lowest BCUT2D eigenvalue weighted by atomic mass is 10.2. The minimum Gasteiger partial charge on any atom is -0.508 e. The molecule has 12 heavy (non-hydrogen) atoms. The second kappa shape index (κ2) is 2.70. The third kappa shape index (κ3) is 1.16. The molecule has 0 aliphatic rings. The lowest BCUT2D eigenvalue weighted by molar-refractivity contribution is 0.475. The second-order valence-electron chi connectivity index (χ2n) is 2.40. The van der Waals surface area contributed by atoms with E-state index in [9.17, 15) is 0 Å². The minimum atomic E-state index is 0.222. The molecule has 1 heterocycles. The Balaban J connectivity index is 2.48. The Labute approximate surface area is 69.7 Å². The fraction of sp³-hybridized carbons (Fsp3) is 0. The van der Waals surface area contributed by atoms with Gasteiger partial charge in [-0.25, -0.2) is 4.98 Å². The molecule has 2 N–H and O–H groups in total. The number of nitrogens with zero attached hydrogens (tertiary/aromatic N) is 1. The van der Waals surface area contributed by atoms with Gasteiger partial charge in [-0.15, -0.1) is 0 Å². The summed E-state index contributed by atoms with van der Waals surface area (Å²) in [5.74, 6) is 0.936. The summed E-state index contributed by atoms with van der Waals surface area (Å²) in [5.41, 5.74) is 0.764. The topological polar surface area (TPSA) is 48.9 Å². The molecule has 0 aliphatic heterocycles. The maximum absolute atomic E-state index is 9.15. The summed E-state index contributed by atoms with van der Waals surface area (Å²) in [6.45, 7) is 0. The number of aromatic hydroxyl groups is 1. The van der Waals surface area contributed by atoms with Crippen molar-refractivity contribution in [2.75, 3.05) is 0 Å². The highest BCUT2D eigenvalue weighted by Crippen LogP contribution is 2.18. The molecule has 0 spiro atoms. The molecule has 59 valence electrons. The van der Waals surface area contributed by atoms with Gasteiger partial charge in [-0.1, -0.05) is 0 Å². The van der Waals surface area contributed by atoms with E-state index in [1.54, 1.807) is 30.6 Å². The number of phenols is 1. The van der Waals surface area contributed by atoms with Crippen LogP contribution >= 0.6 is 0 Å². The van der Waals surface area contributed by atoms with Gasteiger partial charge in [0.1, 0.15) is 11.6 Å². The first kappa shape index (κ1) is 6.91. The highest BCUT2D eigenvalue weighted by Gasteiger charge is 1.99. The van der Waals surface area contributed by atoms with Gasteiger partial charge in [-0.3, -0.25) is 0 Å². The van der Waals surface area contributed by atoms with E-state index in [1.807, 2.05) is 0 Å². The predicted octanol–water partition coefficient (Wildman–Crippen LogP) is 1.58. The van der Waals surface area contributed by atoms with E-state index in [0.717, 1.165) is 5.56 Å². The van der Waals surface area contributed by atoms with E-state index in [-0.39, 0.29) is 5.75 Å². The van der Waals surface area contributed by atoms with Crippen LogP contribution in [0.1, 0.15) is 0 Å². The summed E-state index contributed by atoms with van der Waals surface area (Å²) < 4.78 is 0. The first-order valence-electron chi connectivity index (χ1n) is 3.57. The van der Waals surface area contributed by atoms with E-state index < -0.39 is 0 Å². The monoisotopic (exact) mass is 159 g/mol. The van der Waals surface area contributed by atoms with Crippen LogP contribution in [0.25, 0.3) is 11.4 Å². The molecular weight excluding hydrogens is 152 g/mol. The molecule has 0 saturated heterocycles. The zero-order valence-electron chi connectivity index (χ0n) is 6.28. The molecule has 0 saturated carbocycles. The van der Waals surface area contributed by atoms with Crippen molar-refractivity contribution >= 4 is 0 Å². The van der Waals surface area contributed by atoms with Gasteiger partial charge in [-0.05, 0) is 24.3 Å². The minimum absolute atomic E-state index is 0.222. The molecule has 1 radical (unpaired) electrons. The van der Waals surface area contributed by atoms with Crippen molar-refractivity contribution in [3.8, 4) is 17.1 Å². The Morgan fingerprint density at radius 1 is 1.50 bits per heavy atom. The van der Waals surface area contributed by atoms with Crippen molar-refractivity contribution in [3.63, 3.8) is 0 Å². The smallest absolute Gasteiger partial charge is 0.138 e. The van der Waals surface area contributed by atoms with Crippen molar-refractivity contribution in [3.05, 3.63) is 36.7 Å². The number of aromatic amines is 1. The molecule has 1 aromatic heterocycles. The molecule has 3 nitrogen and oxygen atoms in total. The number of benzene rings is 1. The highest BCUT2D eigenvalue weighted by molar-refractivity contribution is 5.55. The van der Waals surface area contributed by atoms with Crippen LogP contribution in [-0.4, -0.2) is 15.1 Å². The Kier molecular flexibility index (Phi) is 1.55. The molecule has 0 fully saturated rings. The van der Waals surface area contributed by atoms with Crippen molar-refractivity contribution in [2.24, 2.45) is 0 Å². The van der Waals surface area contributed by atoms with Gasteiger partial charge in [0, 0.05) is 18.0 Å². The Morgan fingerprint density at radius 3 is 3.08 bits per heavy atom. The number of hydrogen-bond acceptors (Lipinski definition) is 2. The Hall–Kier alpha value is -1.77. The van der Waals surface area contributed by atoms with Crippen LogP contribution in [0.15, 0.2) is 30.6 Å². The molecule has 1 aromatic carbocycles. The van der Waals surface area contributed by atoms with Gasteiger partial charge >= 0.3 is 0 Å². The van der Waals surface area contributed by atoms with Crippen LogP contribution in [0.4, 0.5) is 0 Å². The first-order valence-corrected chi connectivity index (χ1v) is 3.57. The van der Waals surface area contributed by atoms with Crippen LogP contribution < -0.4 is 0 Å². The zero-order chi connectivity index (χ0) is 8.39. The summed E-state index contributed by atoms with van der Waals surface area (Å²) in [6.07, 6.45) is 3.39. The molecular formula is C9H7N2O. The number of hydrogen-bond donors (Lipinski definition) is 2. The van der Waals surface area contributed by atoms with Gasteiger partial charge in [0.15, 0.2) is 0 Å². The average molecular weight is 159 g/mol. The maximum Gasteiger partial charge on any atom is 0.138 e. The number of rotatable bonds is 1. The van der Waals surface area contributed by atoms with E-state index >= 15 is 0 Å². The van der Waals surface area contributed by atoms with Crippen LogP contribution in [0.2, 0.25) is 0 Å². The zero-order valence-corrected chi connectivity index (χ0v) is 6.28. The van der Waals surface area contributed by atoms with Crippen molar-refractivity contribution in [1.29, 1.82) is 0 Å².